The molecule has 2 bridgehead atoms. The number of hydrogen-bond acceptors (Lipinski definition) is 4. The normalized spacial score (nSPS) is 24.6. The average molecular weight is 334 g/mol. The first kappa shape index (κ1) is 14.8. The Labute approximate surface area is 146 Å². The maximum absolute atomic E-state index is 6.66. The zero-order valence-electron chi connectivity index (χ0n) is 14.0. The maximum Gasteiger partial charge on any atom is 0.248 e. The highest BCUT2D eigenvalue weighted by molar-refractivity contribution is 5.72. The highest BCUT2D eigenvalue weighted by atomic mass is 16.5. The number of benzene rings is 2. The Hall–Kier alpha value is -2.50. The standard InChI is InChI=1S/C20H22N4O/c21-18-14(10-11-22-19(18)13-6-2-1-3-7-13)12-17-20-23-15-8-4-5-9-16(15)24(17)25-20/h1-9,14,18-19,22-23H,10-12,21H2. The molecule has 0 radical (unpaired) electrons. The van der Waals surface area contributed by atoms with Gasteiger partial charge < -0.3 is 20.9 Å². The Bertz CT molecular complexity index is 882. The van der Waals surface area contributed by atoms with E-state index in [0.29, 0.717) is 5.92 Å². The summed E-state index contributed by atoms with van der Waals surface area (Å²) in [6.07, 6.45) is 2.01. The molecule has 3 unspecified atom stereocenters. The predicted molar refractivity (Wildman–Crippen MR) is 98.3 cm³/mol. The summed E-state index contributed by atoms with van der Waals surface area (Å²) >= 11 is 0. The van der Waals surface area contributed by atoms with E-state index in [1.165, 1.54) is 11.3 Å². The summed E-state index contributed by atoms with van der Waals surface area (Å²) in [6, 6.07) is 19.0. The van der Waals surface area contributed by atoms with E-state index in [1.54, 1.807) is 0 Å². The van der Waals surface area contributed by atoms with Crippen LogP contribution >= 0.6 is 0 Å². The first-order chi connectivity index (χ1) is 12.3. The Morgan fingerprint density at radius 2 is 1.88 bits per heavy atom. The number of hydrogen-bond donors (Lipinski definition) is 3. The fraction of sp³-hybridized carbons (Fsp3) is 0.300. The van der Waals surface area contributed by atoms with Crippen LogP contribution < -0.4 is 16.4 Å². The summed E-state index contributed by atoms with van der Waals surface area (Å²) in [5, 5.41) is 6.97. The minimum Gasteiger partial charge on any atom is -0.354 e. The van der Waals surface area contributed by atoms with Gasteiger partial charge in [0.15, 0.2) is 0 Å². The first-order valence-electron chi connectivity index (χ1n) is 8.92. The van der Waals surface area contributed by atoms with Gasteiger partial charge >= 0.3 is 0 Å². The highest BCUT2D eigenvalue weighted by Crippen LogP contribution is 2.40. The van der Waals surface area contributed by atoms with Crippen LogP contribution in [0, 0.1) is 5.92 Å². The van der Waals surface area contributed by atoms with Crippen LogP contribution in [0.5, 0.6) is 0 Å². The van der Waals surface area contributed by atoms with E-state index < -0.39 is 0 Å². The minimum atomic E-state index is 0.0852. The second kappa shape index (κ2) is 5.79. The summed E-state index contributed by atoms with van der Waals surface area (Å²) in [5.74, 6) is 1.30. The summed E-state index contributed by atoms with van der Waals surface area (Å²) < 4.78 is 7.70. The summed E-state index contributed by atoms with van der Waals surface area (Å²) in [7, 11) is 0. The molecule has 5 heteroatoms. The van der Waals surface area contributed by atoms with Gasteiger partial charge in [-0.05, 0) is 36.6 Å². The van der Waals surface area contributed by atoms with Crippen molar-refractivity contribution in [2.45, 2.75) is 24.9 Å². The molecule has 1 aromatic heterocycles. The zero-order chi connectivity index (χ0) is 16.8. The molecular weight excluding hydrogens is 312 g/mol. The molecule has 2 aromatic carbocycles. The summed E-state index contributed by atoms with van der Waals surface area (Å²) in [4.78, 5) is 0. The second-order valence-corrected chi connectivity index (χ2v) is 6.98. The van der Waals surface area contributed by atoms with Crippen LogP contribution in [0.1, 0.15) is 23.7 Å². The maximum atomic E-state index is 6.66. The Morgan fingerprint density at radius 3 is 2.76 bits per heavy atom. The molecule has 0 aliphatic carbocycles. The van der Waals surface area contributed by atoms with E-state index >= 15 is 0 Å². The van der Waals surface area contributed by atoms with Gasteiger partial charge in [0.25, 0.3) is 0 Å². The number of aromatic nitrogens is 1. The van der Waals surface area contributed by atoms with Crippen molar-refractivity contribution in [1.82, 2.24) is 10.1 Å². The van der Waals surface area contributed by atoms with Crippen molar-refractivity contribution in [2.24, 2.45) is 11.7 Å². The smallest absolute Gasteiger partial charge is 0.248 e. The lowest BCUT2D eigenvalue weighted by Gasteiger charge is -2.38. The molecule has 1 fully saturated rings. The third-order valence-corrected chi connectivity index (χ3v) is 5.48. The quantitative estimate of drug-likeness (QED) is 0.537. The van der Waals surface area contributed by atoms with Gasteiger partial charge in [-0.25, -0.2) is 0 Å². The second-order valence-electron chi connectivity index (χ2n) is 6.98. The zero-order valence-corrected chi connectivity index (χ0v) is 14.0. The predicted octanol–water partition coefficient (Wildman–Crippen LogP) is 3.35. The number of nitrogens with zero attached hydrogens (tertiary/aromatic N) is 1. The lowest BCUT2D eigenvalue weighted by Crippen LogP contribution is -2.49. The highest BCUT2D eigenvalue weighted by Gasteiger charge is 2.35. The molecule has 5 nitrogen and oxygen atoms in total. The largest absolute Gasteiger partial charge is 0.354 e. The molecule has 3 aromatic rings. The Morgan fingerprint density at radius 1 is 1.08 bits per heavy atom. The van der Waals surface area contributed by atoms with Gasteiger partial charge in [0.1, 0.15) is 11.4 Å². The topological polar surface area (TPSA) is 68.1 Å². The van der Waals surface area contributed by atoms with Crippen molar-refractivity contribution in [3.05, 3.63) is 65.9 Å². The molecular formula is C20H22N4O. The first-order valence-corrected chi connectivity index (χ1v) is 8.92. The van der Waals surface area contributed by atoms with Gasteiger partial charge in [-0.3, -0.25) is 0 Å². The number of rotatable bonds is 3. The van der Waals surface area contributed by atoms with Gasteiger partial charge in [-0.1, -0.05) is 42.5 Å². The summed E-state index contributed by atoms with van der Waals surface area (Å²) in [6.45, 7) is 0.991. The minimum absolute atomic E-state index is 0.0852. The third kappa shape index (κ3) is 2.39. The molecule has 3 aliphatic rings. The van der Waals surface area contributed by atoms with Crippen molar-refractivity contribution in [2.75, 3.05) is 11.9 Å². The van der Waals surface area contributed by atoms with E-state index in [0.717, 1.165) is 36.6 Å². The molecule has 3 atom stereocenters. The number of piperidine rings is 1. The molecule has 4 heterocycles. The summed E-state index contributed by atoms with van der Waals surface area (Å²) in [5.41, 5.74) is 11.3. The van der Waals surface area contributed by atoms with Gasteiger partial charge in [-0.2, -0.15) is 4.74 Å². The molecule has 25 heavy (non-hydrogen) atoms. The van der Waals surface area contributed by atoms with Crippen molar-refractivity contribution in [1.29, 1.82) is 0 Å². The molecule has 0 amide bonds. The van der Waals surface area contributed by atoms with Crippen LogP contribution in [-0.4, -0.2) is 17.3 Å². The number of nitrogens with two attached hydrogens (primary N) is 1. The van der Waals surface area contributed by atoms with Crippen LogP contribution in [0.4, 0.5) is 11.6 Å². The Kier molecular flexibility index (Phi) is 3.43. The van der Waals surface area contributed by atoms with Crippen LogP contribution in [0.25, 0.3) is 5.69 Å². The van der Waals surface area contributed by atoms with E-state index in [4.69, 9.17) is 10.3 Å². The van der Waals surface area contributed by atoms with Crippen molar-refractivity contribution >= 4 is 11.6 Å². The number of nitrogens with one attached hydrogen (secondary N) is 2. The van der Waals surface area contributed by atoms with Crippen molar-refractivity contribution < 1.29 is 4.52 Å². The van der Waals surface area contributed by atoms with Crippen molar-refractivity contribution in [3.8, 4) is 5.69 Å². The molecule has 6 rings (SSSR count). The lowest BCUT2D eigenvalue weighted by atomic mass is 9.81. The molecule has 0 spiro atoms. The average Bonchev–Trinajstić information content (AvgIpc) is 2.67. The van der Waals surface area contributed by atoms with E-state index in [1.807, 2.05) is 22.9 Å². The van der Waals surface area contributed by atoms with Crippen LogP contribution in [0.3, 0.4) is 0 Å². The van der Waals surface area contributed by atoms with E-state index in [2.05, 4.69) is 47.0 Å². The fourth-order valence-electron chi connectivity index (χ4n) is 4.11. The Balaban J connectivity index is 1.38. The van der Waals surface area contributed by atoms with E-state index in [-0.39, 0.29) is 12.1 Å². The number of para-hydroxylation sites is 2. The monoisotopic (exact) mass is 334 g/mol. The molecule has 128 valence electrons. The molecule has 0 saturated carbocycles. The van der Waals surface area contributed by atoms with Gasteiger partial charge in [0, 0.05) is 18.5 Å². The van der Waals surface area contributed by atoms with Crippen LogP contribution in [0.15, 0.2) is 59.1 Å². The van der Waals surface area contributed by atoms with Crippen molar-refractivity contribution in [3.63, 3.8) is 0 Å². The molecule has 3 aliphatic heterocycles. The lowest BCUT2D eigenvalue weighted by molar-refractivity contribution is 0.223. The van der Waals surface area contributed by atoms with Gasteiger partial charge in [0.2, 0.25) is 5.88 Å². The molecule has 1 saturated heterocycles. The van der Waals surface area contributed by atoms with Gasteiger partial charge in [0.05, 0.1) is 5.69 Å². The fourth-order valence-corrected chi connectivity index (χ4v) is 4.11. The number of anilines is 2. The third-order valence-electron chi connectivity index (χ3n) is 5.48. The van der Waals surface area contributed by atoms with Crippen LogP contribution in [-0.2, 0) is 6.42 Å². The van der Waals surface area contributed by atoms with E-state index in [9.17, 15) is 0 Å². The van der Waals surface area contributed by atoms with Gasteiger partial charge in [-0.15, -0.1) is 0 Å². The SMILES string of the molecule is NC1C(Cc2c3on2-c2ccccc2N3)CCNC1c1ccccc1. The van der Waals surface area contributed by atoms with Crippen LogP contribution in [0.2, 0.25) is 0 Å². The molecule has 4 N–H and O–H groups in total.